The molecule has 2 aromatic rings. The van der Waals surface area contributed by atoms with E-state index in [2.05, 4.69) is 22.5 Å². The maximum atomic E-state index is 13.3. The maximum absolute atomic E-state index is 13.3. The lowest BCUT2D eigenvalue weighted by molar-refractivity contribution is 0.411. The molecule has 0 bridgehead atoms. The quantitative estimate of drug-likeness (QED) is 0.377. The van der Waals surface area contributed by atoms with E-state index in [1.165, 1.54) is 6.08 Å². The van der Waals surface area contributed by atoms with Gasteiger partial charge in [-0.15, -0.1) is 0 Å². The van der Waals surface area contributed by atoms with Crippen LogP contribution in [-0.2, 0) is 24.1 Å². The summed E-state index contributed by atoms with van der Waals surface area (Å²) in [4.78, 5) is 0.557. The van der Waals surface area contributed by atoms with E-state index in [-0.39, 0.29) is 5.92 Å². The van der Waals surface area contributed by atoms with Gasteiger partial charge in [-0.25, -0.2) is 8.51 Å². The van der Waals surface area contributed by atoms with Crippen molar-refractivity contribution in [2.24, 2.45) is 5.92 Å². The van der Waals surface area contributed by atoms with Gasteiger partial charge >= 0.3 is 0 Å². The molecule has 2 rings (SSSR count). The fourth-order valence-corrected chi connectivity index (χ4v) is 4.27. The largest absolute Gasteiger partial charge is 0.497 e. The summed E-state index contributed by atoms with van der Waals surface area (Å²) in [5.74, 6) is 1.40. The third kappa shape index (κ3) is 7.38. The molecule has 30 heavy (non-hydrogen) atoms. The van der Waals surface area contributed by atoms with Crippen LogP contribution < -0.4 is 9.47 Å². The molecule has 2 aromatic carbocycles. The van der Waals surface area contributed by atoms with Gasteiger partial charge in [-0.2, -0.15) is 4.39 Å². The van der Waals surface area contributed by atoms with Crippen LogP contribution in [0.15, 0.2) is 70.8 Å². The Morgan fingerprint density at radius 1 is 1.07 bits per heavy atom. The van der Waals surface area contributed by atoms with Gasteiger partial charge in [0.1, 0.15) is 22.5 Å². The van der Waals surface area contributed by atoms with E-state index in [1.54, 1.807) is 14.2 Å². The number of hydrogen-bond acceptors (Lipinski definition) is 3. The number of methoxy groups -OCH3 is 2. The Bertz CT molecular complexity index is 831. The van der Waals surface area contributed by atoms with Crippen molar-refractivity contribution in [3.8, 4) is 11.5 Å². The summed E-state index contributed by atoms with van der Waals surface area (Å²) < 4.78 is 38.2. The number of nitrogens with zero attached hydrogens (tertiary/aromatic N) is 1. The van der Waals surface area contributed by atoms with Crippen LogP contribution in [-0.4, -0.2) is 22.7 Å². The summed E-state index contributed by atoms with van der Waals surface area (Å²) >= 11 is 2.79. The minimum Gasteiger partial charge on any atom is -0.497 e. The van der Waals surface area contributed by atoms with E-state index in [4.69, 9.17) is 9.47 Å². The van der Waals surface area contributed by atoms with Crippen molar-refractivity contribution in [3.63, 3.8) is 0 Å². The summed E-state index contributed by atoms with van der Waals surface area (Å²) in [6.07, 6.45) is 1.84. The van der Waals surface area contributed by atoms with Crippen molar-refractivity contribution >= 4 is 26.9 Å². The van der Waals surface area contributed by atoms with Gasteiger partial charge < -0.3 is 9.47 Å². The molecule has 0 saturated heterocycles. The SMILES string of the molecule is C=C([C@@H](C)C/C=C(\F)Br)S(=O)N(Cc1ccc(OC)cc1)Cc1ccc(OC)cc1. The third-order valence-electron chi connectivity index (χ3n) is 4.67. The molecule has 0 heterocycles. The van der Waals surface area contributed by atoms with Crippen molar-refractivity contribution in [1.82, 2.24) is 4.31 Å². The summed E-state index contributed by atoms with van der Waals surface area (Å²) in [5, 5.41) is 0. The fraction of sp³-hybridized carbons (Fsp3) is 0.304. The Morgan fingerprint density at radius 3 is 1.87 bits per heavy atom. The molecule has 0 aliphatic heterocycles. The van der Waals surface area contributed by atoms with E-state index in [1.807, 2.05) is 59.8 Å². The molecule has 0 radical (unpaired) electrons. The van der Waals surface area contributed by atoms with Crippen LogP contribution in [0, 0.1) is 5.92 Å². The smallest absolute Gasteiger partial charge is 0.161 e. The first-order chi connectivity index (χ1) is 14.3. The Hall–Kier alpha value is -1.96. The van der Waals surface area contributed by atoms with Gasteiger partial charge in [0.15, 0.2) is 4.74 Å². The number of allylic oxidation sites excluding steroid dienone is 2. The van der Waals surface area contributed by atoms with Crippen molar-refractivity contribution in [1.29, 1.82) is 0 Å². The first-order valence-electron chi connectivity index (χ1n) is 9.46. The normalized spacial score (nSPS) is 13.7. The zero-order valence-electron chi connectivity index (χ0n) is 17.4. The summed E-state index contributed by atoms with van der Waals surface area (Å²) in [6, 6.07) is 15.3. The average Bonchev–Trinajstić information content (AvgIpc) is 2.76. The molecule has 0 amide bonds. The second kappa shape index (κ2) is 12.0. The second-order valence-electron chi connectivity index (χ2n) is 6.84. The Kier molecular flexibility index (Phi) is 9.75. The molecule has 0 aliphatic rings. The van der Waals surface area contributed by atoms with E-state index in [9.17, 15) is 8.60 Å². The molecule has 162 valence electrons. The monoisotopic (exact) mass is 495 g/mol. The van der Waals surface area contributed by atoms with Gasteiger partial charge in [-0.05, 0) is 69.7 Å². The standard InChI is InChI=1S/C23H27BrFNO3S/c1-17(5-14-23(24)25)18(2)30(27)26(15-19-6-10-21(28-3)11-7-19)16-20-8-12-22(29-4)13-9-20/h6-14,17H,2,5,15-16H2,1,3-4H3/b23-14-/t17-,30?/m0/s1. The minimum atomic E-state index is -1.45. The van der Waals surface area contributed by atoms with Gasteiger partial charge in [0.05, 0.1) is 14.2 Å². The van der Waals surface area contributed by atoms with Crippen LogP contribution in [0.25, 0.3) is 0 Å². The van der Waals surface area contributed by atoms with Gasteiger partial charge in [0.2, 0.25) is 0 Å². The summed E-state index contributed by atoms with van der Waals surface area (Å²) in [6.45, 7) is 6.88. The highest BCUT2D eigenvalue weighted by atomic mass is 79.9. The van der Waals surface area contributed by atoms with Gasteiger partial charge in [0.25, 0.3) is 0 Å². The lowest BCUT2D eigenvalue weighted by Crippen LogP contribution is -2.27. The van der Waals surface area contributed by atoms with E-state index in [0.29, 0.717) is 24.4 Å². The lowest BCUT2D eigenvalue weighted by Gasteiger charge is -2.25. The topological polar surface area (TPSA) is 38.8 Å². The van der Waals surface area contributed by atoms with Crippen LogP contribution in [0.3, 0.4) is 0 Å². The number of hydrogen-bond donors (Lipinski definition) is 0. The average molecular weight is 496 g/mol. The minimum absolute atomic E-state index is 0.136. The predicted octanol–water partition coefficient (Wildman–Crippen LogP) is 6.12. The van der Waals surface area contributed by atoms with Gasteiger partial charge in [-0.1, -0.05) is 37.8 Å². The van der Waals surface area contributed by atoms with Crippen molar-refractivity contribution < 1.29 is 18.1 Å². The predicted molar refractivity (Wildman–Crippen MR) is 124 cm³/mol. The Morgan fingerprint density at radius 2 is 1.50 bits per heavy atom. The zero-order chi connectivity index (χ0) is 22.1. The molecule has 0 aromatic heterocycles. The highest BCUT2D eigenvalue weighted by Gasteiger charge is 2.21. The van der Waals surface area contributed by atoms with E-state index >= 15 is 0 Å². The van der Waals surface area contributed by atoms with Crippen molar-refractivity contribution in [2.75, 3.05) is 14.2 Å². The molecule has 7 heteroatoms. The number of halogens is 2. The molecule has 0 spiro atoms. The number of benzene rings is 2. The van der Waals surface area contributed by atoms with Crippen LogP contribution in [0.4, 0.5) is 4.39 Å². The van der Waals surface area contributed by atoms with Gasteiger partial charge in [-0.3, -0.25) is 0 Å². The molecule has 0 N–H and O–H groups in total. The van der Waals surface area contributed by atoms with Crippen molar-refractivity contribution in [2.45, 2.75) is 26.4 Å². The highest BCUT2D eigenvalue weighted by Crippen LogP contribution is 2.25. The summed E-state index contributed by atoms with van der Waals surface area (Å²) in [7, 11) is 1.79. The number of rotatable bonds is 11. The molecule has 1 unspecified atom stereocenters. The number of ether oxygens (including phenoxy) is 2. The van der Waals surface area contributed by atoms with Crippen molar-refractivity contribution in [3.05, 3.63) is 82.0 Å². The first kappa shape index (κ1) is 24.3. The van der Waals surface area contributed by atoms with E-state index < -0.39 is 15.7 Å². The van der Waals surface area contributed by atoms with Crippen LogP contribution in [0.2, 0.25) is 0 Å². The lowest BCUT2D eigenvalue weighted by atomic mass is 10.1. The maximum Gasteiger partial charge on any atom is 0.161 e. The zero-order valence-corrected chi connectivity index (χ0v) is 19.8. The third-order valence-corrected chi connectivity index (χ3v) is 6.57. The Balaban J connectivity index is 2.22. The highest BCUT2D eigenvalue weighted by molar-refractivity contribution is 9.11. The van der Waals surface area contributed by atoms with Crippen LogP contribution in [0.5, 0.6) is 11.5 Å². The van der Waals surface area contributed by atoms with E-state index in [0.717, 1.165) is 22.6 Å². The molecule has 0 saturated carbocycles. The van der Waals surface area contributed by atoms with Crippen LogP contribution in [0.1, 0.15) is 24.5 Å². The molecule has 0 fully saturated rings. The summed E-state index contributed by atoms with van der Waals surface area (Å²) in [5.41, 5.74) is 2.01. The molecular weight excluding hydrogens is 469 g/mol. The second-order valence-corrected chi connectivity index (χ2v) is 9.14. The molecular formula is C23H27BrFNO3S. The van der Waals surface area contributed by atoms with Crippen LogP contribution >= 0.6 is 15.9 Å². The van der Waals surface area contributed by atoms with Gasteiger partial charge in [0, 0.05) is 18.0 Å². The Labute approximate surface area is 189 Å². The first-order valence-corrected chi connectivity index (χ1v) is 11.4. The molecule has 4 nitrogen and oxygen atoms in total. The molecule has 2 atom stereocenters. The fourth-order valence-electron chi connectivity index (χ4n) is 2.78. The molecule has 0 aliphatic carbocycles.